The molecule has 0 fully saturated rings. The first-order valence-electron chi connectivity index (χ1n) is 7.32. The highest BCUT2D eigenvalue weighted by Gasteiger charge is 2.01. The van der Waals surface area contributed by atoms with Gasteiger partial charge in [0.25, 0.3) is 0 Å². The van der Waals surface area contributed by atoms with E-state index >= 15 is 0 Å². The number of unbranched alkanes of at least 4 members (excludes halogenated alkanes) is 6. The summed E-state index contributed by atoms with van der Waals surface area (Å²) in [5.74, 6) is 0.791. The summed E-state index contributed by atoms with van der Waals surface area (Å²) in [6.45, 7) is 5.24. The summed E-state index contributed by atoms with van der Waals surface area (Å²) in [5, 5.41) is 3.56. The fourth-order valence-corrected chi connectivity index (χ4v) is 2.15. The third-order valence-corrected chi connectivity index (χ3v) is 3.32. The quantitative estimate of drug-likeness (QED) is 0.177. The van der Waals surface area contributed by atoms with Crippen molar-refractivity contribution in [3.63, 3.8) is 0 Å². The standard InChI is InChI=1S/C14H29N3/c1-3-4-5-6-7-8-9-11-14(2)12-10-13-16-17-15/h14H,3-13H2,1-2H3. The van der Waals surface area contributed by atoms with E-state index < -0.39 is 0 Å². The Balaban J connectivity index is 3.15. The van der Waals surface area contributed by atoms with Gasteiger partial charge in [-0.05, 0) is 17.9 Å². The lowest BCUT2D eigenvalue weighted by Gasteiger charge is -2.09. The highest BCUT2D eigenvalue weighted by molar-refractivity contribution is 4.56. The molecule has 0 heterocycles. The largest absolute Gasteiger partial charge is 0.0940 e. The van der Waals surface area contributed by atoms with E-state index in [0.29, 0.717) is 6.54 Å². The third kappa shape index (κ3) is 13.2. The lowest BCUT2D eigenvalue weighted by Crippen LogP contribution is -1.96. The normalized spacial score (nSPS) is 12.1. The first-order chi connectivity index (χ1) is 8.31. The summed E-state index contributed by atoms with van der Waals surface area (Å²) in [4.78, 5) is 2.77. The van der Waals surface area contributed by atoms with Crippen LogP contribution in [-0.4, -0.2) is 6.54 Å². The molecule has 0 amide bonds. The predicted molar refractivity (Wildman–Crippen MR) is 75.0 cm³/mol. The van der Waals surface area contributed by atoms with E-state index in [0.717, 1.165) is 12.3 Å². The van der Waals surface area contributed by atoms with Crippen molar-refractivity contribution >= 4 is 0 Å². The van der Waals surface area contributed by atoms with Gasteiger partial charge in [-0.3, -0.25) is 0 Å². The fourth-order valence-electron chi connectivity index (χ4n) is 2.15. The van der Waals surface area contributed by atoms with Gasteiger partial charge in [0.15, 0.2) is 0 Å². The van der Waals surface area contributed by atoms with E-state index in [4.69, 9.17) is 5.53 Å². The monoisotopic (exact) mass is 239 g/mol. The molecule has 0 bridgehead atoms. The Morgan fingerprint density at radius 3 is 2.18 bits per heavy atom. The number of rotatable bonds is 12. The maximum Gasteiger partial charge on any atom is 0.0258 e. The van der Waals surface area contributed by atoms with Crippen molar-refractivity contribution in [1.29, 1.82) is 0 Å². The molecule has 1 unspecified atom stereocenters. The second-order valence-corrected chi connectivity index (χ2v) is 5.11. The fraction of sp³-hybridized carbons (Fsp3) is 1.00. The van der Waals surface area contributed by atoms with E-state index in [2.05, 4.69) is 23.9 Å². The molecule has 100 valence electrons. The Kier molecular flexibility index (Phi) is 12.8. The molecular weight excluding hydrogens is 210 g/mol. The van der Waals surface area contributed by atoms with Crippen molar-refractivity contribution in [3.8, 4) is 0 Å². The Labute approximate surface area is 107 Å². The number of nitrogens with zero attached hydrogens (tertiary/aromatic N) is 3. The van der Waals surface area contributed by atoms with Crippen LogP contribution in [0.2, 0.25) is 0 Å². The van der Waals surface area contributed by atoms with Crippen molar-refractivity contribution in [2.24, 2.45) is 11.0 Å². The lowest BCUT2D eigenvalue weighted by molar-refractivity contribution is 0.446. The zero-order valence-electron chi connectivity index (χ0n) is 11.7. The van der Waals surface area contributed by atoms with Crippen molar-refractivity contribution in [1.82, 2.24) is 0 Å². The minimum Gasteiger partial charge on any atom is -0.0940 e. The average Bonchev–Trinajstić information content (AvgIpc) is 2.33. The smallest absolute Gasteiger partial charge is 0.0258 e. The Bertz CT molecular complexity index is 198. The third-order valence-electron chi connectivity index (χ3n) is 3.32. The van der Waals surface area contributed by atoms with Gasteiger partial charge in [0.1, 0.15) is 0 Å². The van der Waals surface area contributed by atoms with Crippen LogP contribution in [0.4, 0.5) is 0 Å². The van der Waals surface area contributed by atoms with Gasteiger partial charge in [-0.1, -0.05) is 76.7 Å². The summed E-state index contributed by atoms with van der Waals surface area (Å²) >= 11 is 0. The van der Waals surface area contributed by atoms with E-state index in [1.165, 1.54) is 57.8 Å². The van der Waals surface area contributed by atoms with Crippen LogP contribution in [0.1, 0.15) is 78.1 Å². The average molecular weight is 239 g/mol. The van der Waals surface area contributed by atoms with Crippen LogP contribution in [0, 0.1) is 5.92 Å². The van der Waals surface area contributed by atoms with Crippen LogP contribution in [0.15, 0.2) is 5.11 Å². The molecule has 0 spiro atoms. The number of hydrogen-bond donors (Lipinski definition) is 0. The molecule has 0 aliphatic carbocycles. The van der Waals surface area contributed by atoms with Crippen LogP contribution in [0.3, 0.4) is 0 Å². The second-order valence-electron chi connectivity index (χ2n) is 5.11. The Morgan fingerprint density at radius 1 is 0.941 bits per heavy atom. The molecule has 0 radical (unpaired) electrons. The number of azide groups is 1. The summed E-state index contributed by atoms with van der Waals surface area (Å²) in [7, 11) is 0. The van der Waals surface area contributed by atoms with Crippen molar-refractivity contribution < 1.29 is 0 Å². The summed E-state index contributed by atoms with van der Waals surface area (Å²) in [6.07, 6.45) is 13.3. The molecule has 0 aromatic carbocycles. The maximum atomic E-state index is 8.15. The van der Waals surface area contributed by atoms with Gasteiger partial charge < -0.3 is 0 Å². The molecule has 0 saturated carbocycles. The van der Waals surface area contributed by atoms with Crippen LogP contribution >= 0.6 is 0 Å². The summed E-state index contributed by atoms with van der Waals surface area (Å²) < 4.78 is 0. The molecule has 1 atom stereocenters. The summed E-state index contributed by atoms with van der Waals surface area (Å²) in [6, 6.07) is 0. The highest BCUT2D eigenvalue weighted by atomic mass is 15.1. The lowest BCUT2D eigenvalue weighted by atomic mass is 9.97. The van der Waals surface area contributed by atoms with Crippen molar-refractivity contribution in [2.75, 3.05) is 6.54 Å². The SMILES string of the molecule is CCCCCCCCCC(C)CCCN=[N+]=[N-]. The molecule has 0 aliphatic rings. The van der Waals surface area contributed by atoms with E-state index in [9.17, 15) is 0 Å². The van der Waals surface area contributed by atoms with Gasteiger partial charge in [-0.25, -0.2) is 0 Å². The molecule has 3 nitrogen and oxygen atoms in total. The van der Waals surface area contributed by atoms with Gasteiger partial charge >= 0.3 is 0 Å². The van der Waals surface area contributed by atoms with Crippen molar-refractivity contribution in [2.45, 2.75) is 78.1 Å². The van der Waals surface area contributed by atoms with Gasteiger partial charge in [0, 0.05) is 11.5 Å². The molecule has 0 aromatic heterocycles. The predicted octanol–water partition coefficient (Wildman–Crippen LogP) is 5.85. The molecule has 0 rings (SSSR count). The molecule has 0 aromatic rings. The van der Waals surface area contributed by atoms with Gasteiger partial charge in [-0.15, -0.1) is 0 Å². The van der Waals surface area contributed by atoms with Crippen LogP contribution in [0.5, 0.6) is 0 Å². The van der Waals surface area contributed by atoms with Crippen LogP contribution < -0.4 is 0 Å². The first-order valence-corrected chi connectivity index (χ1v) is 7.32. The molecular formula is C14H29N3. The highest BCUT2D eigenvalue weighted by Crippen LogP contribution is 2.16. The minimum atomic E-state index is 0.665. The van der Waals surface area contributed by atoms with Crippen LogP contribution in [-0.2, 0) is 0 Å². The van der Waals surface area contributed by atoms with E-state index in [1.807, 2.05) is 0 Å². The van der Waals surface area contributed by atoms with Gasteiger partial charge in [-0.2, -0.15) is 0 Å². The molecule has 0 saturated heterocycles. The Hall–Kier alpha value is -0.690. The van der Waals surface area contributed by atoms with Gasteiger partial charge in [0.2, 0.25) is 0 Å². The molecule has 17 heavy (non-hydrogen) atoms. The van der Waals surface area contributed by atoms with Crippen LogP contribution in [0.25, 0.3) is 10.4 Å². The number of hydrogen-bond acceptors (Lipinski definition) is 1. The zero-order valence-corrected chi connectivity index (χ0v) is 11.7. The molecule has 3 heteroatoms. The van der Waals surface area contributed by atoms with E-state index in [1.54, 1.807) is 0 Å². The Morgan fingerprint density at radius 2 is 1.53 bits per heavy atom. The van der Waals surface area contributed by atoms with Gasteiger partial charge in [0.05, 0.1) is 0 Å². The molecule has 0 N–H and O–H groups in total. The second kappa shape index (κ2) is 13.4. The zero-order chi connectivity index (χ0) is 12.8. The maximum absolute atomic E-state index is 8.15. The van der Waals surface area contributed by atoms with Crippen molar-refractivity contribution in [3.05, 3.63) is 10.4 Å². The van der Waals surface area contributed by atoms with E-state index in [-0.39, 0.29) is 0 Å². The first kappa shape index (κ1) is 16.3. The minimum absolute atomic E-state index is 0.665. The topological polar surface area (TPSA) is 48.8 Å². The summed E-state index contributed by atoms with van der Waals surface area (Å²) in [5.41, 5.74) is 8.15. The molecule has 0 aliphatic heterocycles.